The van der Waals surface area contributed by atoms with Gasteiger partial charge in [0.1, 0.15) is 18.9 Å². The maximum absolute atomic E-state index is 11.9. The molecular weight excluding hydrogens is 242 g/mol. The molecule has 3 unspecified atom stereocenters. The first-order valence-electron chi connectivity index (χ1n) is 6.69. The molecule has 0 aliphatic heterocycles. The molecule has 0 spiro atoms. The number of hydrogen-bond donors (Lipinski definition) is 1. The van der Waals surface area contributed by atoms with Crippen molar-refractivity contribution < 1.29 is 4.79 Å². The molecule has 6 nitrogen and oxygen atoms in total. The van der Waals surface area contributed by atoms with E-state index in [0.717, 1.165) is 6.42 Å². The van der Waals surface area contributed by atoms with E-state index in [-0.39, 0.29) is 24.3 Å². The summed E-state index contributed by atoms with van der Waals surface area (Å²) in [5.41, 5.74) is 0. The van der Waals surface area contributed by atoms with Gasteiger partial charge in [0.2, 0.25) is 5.91 Å². The van der Waals surface area contributed by atoms with Crippen molar-refractivity contribution in [2.75, 3.05) is 0 Å². The minimum absolute atomic E-state index is 0.0691. The second-order valence-electron chi connectivity index (χ2n) is 5.32. The highest BCUT2D eigenvalue weighted by Crippen LogP contribution is 2.29. The lowest BCUT2D eigenvalue weighted by Crippen LogP contribution is -2.44. The molecule has 0 radical (unpaired) electrons. The normalized spacial score (nSPS) is 26.7. The molecule has 0 bridgehead atoms. The van der Waals surface area contributed by atoms with E-state index in [9.17, 15) is 4.79 Å². The number of nitrogens with zero attached hydrogens (tertiary/aromatic N) is 4. The molecule has 6 heteroatoms. The Morgan fingerprint density at radius 3 is 3.05 bits per heavy atom. The summed E-state index contributed by atoms with van der Waals surface area (Å²) in [6.07, 6.45) is 4.85. The lowest BCUT2D eigenvalue weighted by molar-refractivity contribution is -0.123. The number of rotatable bonds is 3. The van der Waals surface area contributed by atoms with Crippen LogP contribution in [0, 0.1) is 23.2 Å². The van der Waals surface area contributed by atoms with E-state index in [4.69, 9.17) is 5.26 Å². The molecule has 102 valence electrons. The number of nitrogens with one attached hydrogen (secondary N) is 1. The number of amides is 1. The minimum Gasteiger partial charge on any atom is -0.351 e. The molecule has 1 aromatic heterocycles. The van der Waals surface area contributed by atoms with E-state index in [1.54, 1.807) is 0 Å². The van der Waals surface area contributed by atoms with E-state index in [0.29, 0.717) is 11.8 Å². The van der Waals surface area contributed by atoms with Crippen LogP contribution in [0.15, 0.2) is 6.33 Å². The molecule has 2 rings (SSSR count). The summed E-state index contributed by atoms with van der Waals surface area (Å²) < 4.78 is 1.39. The minimum atomic E-state index is -0.0691. The maximum atomic E-state index is 11.9. The summed E-state index contributed by atoms with van der Waals surface area (Å²) in [5, 5.41) is 15.6. The molecule has 1 fully saturated rings. The Labute approximate surface area is 112 Å². The van der Waals surface area contributed by atoms with Gasteiger partial charge >= 0.3 is 0 Å². The highest BCUT2D eigenvalue weighted by atomic mass is 16.2. The van der Waals surface area contributed by atoms with Crippen LogP contribution in [-0.2, 0) is 11.3 Å². The molecule has 1 saturated carbocycles. The second kappa shape index (κ2) is 5.83. The summed E-state index contributed by atoms with van der Waals surface area (Å²) in [6, 6.07) is 2.09. The standard InChI is InChI=1S/C13H19N5O/c1-9-4-3-5-11(10(9)2)16-13(19)7-18-8-15-12(6-14)17-18/h8-11H,3-5,7H2,1-2H3,(H,16,19). The van der Waals surface area contributed by atoms with Crippen LogP contribution in [0.3, 0.4) is 0 Å². The highest BCUT2D eigenvalue weighted by Gasteiger charge is 2.28. The van der Waals surface area contributed by atoms with Crippen molar-refractivity contribution in [2.24, 2.45) is 11.8 Å². The molecule has 1 aromatic rings. The molecule has 3 atom stereocenters. The molecule has 0 aromatic carbocycles. The van der Waals surface area contributed by atoms with Crippen LogP contribution in [0.2, 0.25) is 0 Å². The SMILES string of the molecule is CC1CCCC(NC(=O)Cn2cnc(C#N)n2)C1C. The molecule has 0 saturated heterocycles. The highest BCUT2D eigenvalue weighted by molar-refractivity contribution is 5.75. The van der Waals surface area contributed by atoms with Gasteiger partial charge in [0, 0.05) is 6.04 Å². The Balaban J connectivity index is 1.89. The third-order valence-electron chi connectivity index (χ3n) is 4.00. The van der Waals surface area contributed by atoms with Gasteiger partial charge in [0.15, 0.2) is 0 Å². The molecule has 1 heterocycles. The van der Waals surface area contributed by atoms with Crippen LogP contribution in [0.25, 0.3) is 0 Å². The topological polar surface area (TPSA) is 83.6 Å². The van der Waals surface area contributed by atoms with Gasteiger partial charge in [0.25, 0.3) is 5.82 Å². The summed E-state index contributed by atoms with van der Waals surface area (Å²) >= 11 is 0. The third kappa shape index (κ3) is 3.31. The van der Waals surface area contributed by atoms with Crippen LogP contribution in [-0.4, -0.2) is 26.7 Å². The van der Waals surface area contributed by atoms with Gasteiger partial charge in [-0.25, -0.2) is 9.67 Å². The molecule has 1 aliphatic carbocycles. The first-order chi connectivity index (χ1) is 9.10. The van der Waals surface area contributed by atoms with Gasteiger partial charge in [-0.05, 0) is 18.3 Å². The zero-order valence-corrected chi connectivity index (χ0v) is 11.3. The Morgan fingerprint density at radius 1 is 1.58 bits per heavy atom. The molecule has 1 aliphatic rings. The Bertz CT molecular complexity index is 489. The smallest absolute Gasteiger partial charge is 0.252 e. The van der Waals surface area contributed by atoms with E-state index in [1.807, 2.05) is 6.07 Å². The average Bonchev–Trinajstić information content (AvgIpc) is 2.82. The van der Waals surface area contributed by atoms with Gasteiger partial charge in [-0.1, -0.05) is 26.7 Å². The lowest BCUT2D eigenvalue weighted by Gasteiger charge is -2.34. The van der Waals surface area contributed by atoms with Crippen molar-refractivity contribution in [1.29, 1.82) is 5.26 Å². The first-order valence-corrected chi connectivity index (χ1v) is 6.69. The van der Waals surface area contributed by atoms with E-state index in [1.165, 1.54) is 23.9 Å². The van der Waals surface area contributed by atoms with Gasteiger partial charge in [0.05, 0.1) is 0 Å². The lowest BCUT2D eigenvalue weighted by atomic mass is 9.78. The van der Waals surface area contributed by atoms with Crippen molar-refractivity contribution in [2.45, 2.75) is 45.7 Å². The maximum Gasteiger partial charge on any atom is 0.252 e. The van der Waals surface area contributed by atoms with Crippen LogP contribution in [0.4, 0.5) is 0 Å². The van der Waals surface area contributed by atoms with Gasteiger partial charge in [-0.15, -0.1) is 5.10 Å². The van der Waals surface area contributed by atoms with Gasteiger partial charge < -0.3 is 5.32 Å². The van der Waals surface area contributed by atoms with Crippen molar-refractivity contribution in [3.8, 4) is 6.07 Å². The quantitative estimate of drug-likeness (QED) is 0.882. The van der Waals surface area contributed by atoms with Crippen molar-refractivity contribution in [3.05, 3.63) is 12.2 Å². The van der Waals surface area contributed by atoms with E-state index < -0.39 is 0 Å². The Kier molecular flexibility index (Phi) is 4.15. The fourth-order valence-electron chi connectivity index (χ4n) is 2.61. The summed E-state index contributed by atoms with van der Waals surface area (Å²) in [4.78, 5) is 15.7. The van der Waals surface area contributed by atoms with E-state index >= 15 is 0 Å². The fraction of sp³-hybridized carbons (Fsp3) is 0.692. The summed E-state index contributed by atoms with van der Waals surface area (Å²) in [6.45, 7) is 4.55. The molecule has 1 amide bonds. The van der Waals surface area contributed by atoms with Crippen LogP contribution >= 0.6 is 0 Å². The first kappa shape index (κ1) is 13.5. The zero-order chi connectivity index (χ0) is 13.8. The van der Waals surface area contributed by atoms with Crippen molar-refractivity contribution in [1.82, 2.24) is 20.1 Å². The Hall–Kier alpha value is -1.90. The predicted octanol–water partition coefficient (Wildman–Crippen LogP) is 1.09. The number of carbonyl (C=O) groups excluding carboxylic acids is 1. The summed E-state index contributed by atoms with van der Waals surface area (Å²) in [5.74, 6) is 1.17. The second-order valence-corrected chi connectivity index (χ2v) is 5.32. The summed E-state index contributed by atoms with van der Waals surface area (Å²) in [7, 11) is 0. The zero-order valence-electron chi connectivity index (χ0n) is 11.3. The number of carbonyl (C=O) groups is 1. The van der Waals surface area contributed by atoms with Crippen molar-refractivity contribution >= 4 is 5.91 Å². The largest absolute Gasteiger partial charge is 0.351 e. The van der Waals surface area contributed by atoms with Crippen LogP contribution in [0.1, 0.15) is 38.9 Å². The monoisotopic (exact) mass is 261 g/mol. The predicted molar refractivity (Wildman–Crippen MR) is 68.8 cm³/mol. The fourth-order valence-corrected chi connectivity index (χ4v) is 2.61. The molecular formula is C13H19N5O. The number of nitriles is 1. The van der Waals surface area contributed by atoms with Gasteiger partial charge in [-0.3, -0.25) is 4.79 Å². The van der Waals surface area contributed by atoms with Gasteiger partial charge in [-0.2, -0.15) is 5.26 Å². The van der Waals surface area contributed by atoms with Crippen LogP contribution < -0.4 is 5.32 Å². The average molecular weight is 261 g/mol. The molecule has 1 N–H and O–H groups in total. The van der Waals surface area contributed by atoms with E-state index in [2.05, 4.69) is 29.2 Å². The van der Waals surface area contributed by atoms with Crippen LogP contribution in [0.5, 0.6) is 0 Å². The third-order valence-corrected chi connectivity index (χ3v) is 4.00. The molecule has 19 heavy (non-hydrogen) atoms. The van der Waals surface area contributed by atoms with Crippen molar-refractivity contribution in [3.63, 3.8) is 0 Å². The number of hydrogen-bond acceptors (Lipinski definition) is 4. The Morgan fingerprint density at radius 2 is 2.37 bits per heavy atom. The number of aromatic nitrogens is 3.